The van der Waals surface area contributed by atoms with Gasteiger partial charge in [-0.2, -0.15) is 0 Å². The third-order valence-electron chi connectivity index (χ3n) is 3.52. The summed E-state index contributed by atoms with van der Waals surface area (Å²) in [6.07, 6.45) is 0. The van der Waals surface area contributed by atoms with Crippen LogP contribution in [0, 0.1) is 17.0 Å². The molecule has 3 N–H and O–H groups in total. The summed E-state index contributed by atoms with van der Waals surface area (Å²) in [4.78, 5) is 34.1. The topological polar surface area (TPSA) is 159 Å². The van der Waals surface area contributed by atoms with Crippen molar-refractivity contribution < 1.29 is 27.7 Å². The number of nitro benzene ring substituents is 1. The molecule has 0 spiro atoms. The van der Waals surface area contributed by atoms with Gasteiger partial charge in [0.15, 0.2) is 6.61 Å². The molecule has 27 heavy (non-hydrogen) atoms. The number of primary sulfonamides is 1. The molecule has 10 nitrogen and oxygen atoms in total. The summed E-state index contributed by atoms with van der Waals surface area (Å²) in [6.45, 7) is 0.778. The Balaban J connectivity index is 1.99. The molecule has 0 aliphatic rings. The summed E-state index contributed by atoms with van der Waals surface area (Å²) in [5, 5.41) is 18.3. The number of benzene rings is 2. The van der Waals surface area contributed by atoms with E-state index in [1.54, 1.807) is 0 Å². The SMILES string of the molecule is Cc1c(C(=O)OCC(=O)Nc2ccc(S(N)(=O)=O)cc2)cccc1[N+](=O)[O-]. The number of ether oxygens (including phenoxy) is 1. The van der Waals surface area contributed by atoms with E-state index < -0.39 is 33.4 Å². The van der Waals surface area contributed by atoms with Crippen molar-refractivity contribution in [3.8, 4) is 0 Å². The minimum Gasteiger partial charge on any atom is -0.452 e. The number of carbonyl (C=O) groups excluding carboxylic acids is 2. The van der Waals surface area contributed by atoms with Gasteiger partial charge in [0, 0.05) is 17.3 Å². The fourth-order valence-electron chi connectivity index (χ4n) is 2.18. The number of amides is 1. The van der Waals surface area contributed by atoms with Crippen LogP contribution in [0.4, 0.5) is 11.4 Å². The molecule has 2 rings (SSSR count). The van der Waals surface area contributed by atoms with E-state index in [1.807, 2.05) is 0 Å². The van der Waals surface area contributed by atoms with Crippen molar-refractivity contribution in [2.75, 3.05) is 11.9 Å². The Morgan fingerprint density at radius 1 is 1.19 bits per heavy atom. The number of anilines is 1. The number of nitro groups is 1. The largest absolute Gasteiger partial charge is 0.452 e. The molecule has 142 valence electrons. The highest BCUT2D eigenvalue weighted by molar-refractivity contribution is 7.89. The van der Waals surface area contributed by atoms with Crippen LogP contribution in [0.3, 0.4) is 0 Å². The molecule has 0 fully saturated rings. The lowest BCUT2D eigenvalue weighted by molar-refractivity contribution is -0.385. The van der Waals surface area contributed by atoms with E-state index in [2.05, 4.69) is 5.32 Å². The molecule has 0 saturated heterocycles. The minimum atomic E-state index is -3.84. The number of rotatable bonds is 6. The molecule has 0 bridgehead atoms. The smallest absolute Gasteiger partial charge is 0.339 e. The van der Waals surface area contributed by atoms with E-state index in [9.17, 15) is 28.1 Å². The summed E-state index contributed by atoms with van der Waals surface area (Å²) in [7, 11) is -3.84. The summed E-state index contributed by atoms with van der Waals surface area (Å²) < 4.78 is 27.2. The second-order valence-electron chi connectivity index (χ2n) is 5.40. The van der Waals surface area contributed by atoms with Crippen molar-refractivity contribution in [1.29, 1.82) is 0 Å². The monoisotopic (exact) mass is 393 g/mol. The highest BCUT2D eigenvalue weighted by Gasteiger charge is 2.19. The molecule has 11 heteroatoms. The fourth-order valence-corrected chi connectivity index (χ4v) is 2.69. The van der Waals surface area contributed by atoms with Gasteiger partial charge < -0.3 is 10.1 Å². The number of nitrogens with two attached hydrogens (primary N) is 1. The standard InChI is InChI=1S/C16H15N3O7S/c1-10-13(3-2-4-14(10)19(22)23)16(21)26-9-15(20)18-11-5-7-12(8-6-11)27(17,24)25/h2-8H,9H2,1H3,(H,18,20)(H2,17,24,25). The van der Waals surface area contributed by atoms with Gasteiger partial charge in [0.05, 0.1) is 15.4 Å². The highest BCUT2D eigenvalue weighted by Crippen LogP contribution is 2.21. The Kier molecular flexibility index (Phi) is 5.88. The lowest BCUT2D eigenvalue weighted by Crippen LogP contribution is -2.21. The number of esters is 1. The number of hydrogen-bond donors (Lipinski definition) is 2. The first-order chi connectivity index (χ1) is 12.6. The van der Waals surface area contributed by atoms with Crippen LogP contribution in [0.25, 0.3) is 0 Å². The molecule has 2 aromatic carbocycles. The number of carbonyl (C=O) groups is 2. The maximum Gasteiger partial charge on any atom is 0.339 e. The van der Waals surface area contributed by atoms with E-state index >= 15 is 0 Å². The van der Waals surface area contributed by atoms with Crippen LogP contribution < -0.4 is 10.5 Å². The average molecular weight is 393 g/mol. The minimum absolute atomic E-state index is 0.0190. The second kappa shape index (κ2) is 7.93. The van der Waals surface area contributed by atoms with Crippen LogP contribution in [0.1, 0.15) is 15.9 Å². The van der Waals surface area contributed by atoms with Gasteiger partial charge >= 0.3 is 5.97 Å². The number of nitrogens with one attached hydrogen (secondary N) is 1. The van der Waals surface area contributed by atoms with Gasteiger partial charge in [-0.1, -0.05) is 6.07 Å². The Hall–Kier alpha value is -3.31. The predicted molar refractivity (Wildman–Crippen MR) is 94.6 cm³/mol. The van der Waals surface area contributed by atoms with Crippen LogP contribution in [0.15, 0.2) is 47.4 Å². The van der Waals surface area contributed by atoms with Crippen LogP contribution in [0.2, 0.25) is 0 Å². The maximum atomic E-state index is 12.0. The van der Waals surface area contributed by atoms with Crippen molar-refractivity contribution in [1.82, 2.24) is 0 Å². The average Bonchev–Trinajstić information content (AvgIpc) is 2.59. The van der Waals surface area contributed by atoms with Crippen molar-refractivity contribution in [2.24, 2.45) is 5.14 Å². The van der Waals surface area contributed by atoms with Crippen LogP contribution in [0.5, 0.6) is 0 Å². The third kappa shape index (κ3) is 5.09. The van der Waals surface area contributed by atoms with Gasteiger partial charge in [-0.3, -0.25) is 14.9 Å². The van der Waals surface area contributed by atoms with Crippen LogP contribution >= 0.6 is 0 Å². The Morgan fingerprint density at radius 2 is 1.81 bits per heavy atom. The van der Waals surface area contributed by atoms with Crippen molar-refractivity contribution in [3.63, 3.8) is 0 Å². The zero-order chi connectivity index (χ0) is 20.2. The zero-order valence-electron chi connectivity index (χ0n) is 14.0. The summed E-state index contributed by atoms with van der Waals surface area (Å²) in [5.41, 5.74) is 0.153. The first-order valence-electron chi connectivity index (χ1n) is 7.43. The Morgan fingerprint density at radius 3 is 2.37 bits per heavy atom. The molecule has 0 aromatic heterocycles. The predicted octanol–water partition coefficient (Wildman–Crippen LogP) is 1.35. The molecule has 2 aromatic rings. The maximum absolute atomic E-state index is 12.0. The first kappa shape index (κ1) is 20.0. The van der Waals surface area contributed by atoms with Gasteiger partial charge in [-0.25, -0.2) is 18.4 Å². The molecule has 0 atom stereocenters. The van der Waals surface area contributed by atoms with E-state index in [0.29, 0.717) is 0 Å². The summed E-state index contributed by atoms with van der Waals surface area (Å²) in [6, 6.07) is 9.02. The van der Waals surface area contributed by atoms with Crippen molar-refractivity contribution in [3.05, 3.63) is 63.7 Å². The molecule has 0 radical (unpaired) electrons. The number of nitrogens with zero attached hydrogens (tertiary/aromatic N) is 1. The molecule has 0 heterocycles. The quantitative estimate of drug-likeness (QED) is 0.425. The van der Waals surface area contributed by atoms with Crippen LogP contribution in [-0.2, 0) is 19.6 Å². The molecule has 0 unspecified atom stereocenters. The third-order valence-corrected chi connectivity index (χ3v) is 4.45. The normalized spacial score (nSPS) is 10.9. The summed E-state index contributed by atoms with van der Waals surface area (Å²) >= 11 is 0. The Labute approximate surface area is 154 Å². The van der Waals surface area contributed by atoms with Gasteiger partial charge in [-0.15, -0.1) is 0 Å². The van der Waals surface area contributed by atoms with Crippen LogP contribution in [-0.4, -0.2) is 31.8 Å². The molecule has 1 amide bonds. The molecule has 0 saturated carbocycles. The van der Waals surface area contributed by atoms with E-state index in [1.165, 1.54) is 49.4 Å². The molecular weight excluding hydrogens is 378 g/mol. The number of sulfonamides is 1. The van der Waals surface area contributed by atoms with Crippen molar-refractivity contribution in [2.45, 2.75) is 11.8 Å². The van der Waals surface area contributed by atoms with Gasteiger partial charge in [0.25, 0.3) is 11.6 Å². The van der Waals surface area contributed by atoms with Crippen molar-refractivity contribution >= 4 is 33.3 Å². The lowest BCUT2D eigenvalue weighted by atomic mass is 10.1. The first-order valence-corrected chi connectivity index (χ1v) is 8.98. The highest BCUT2D eigenvalue weighted by atomic mass is 32.2. The number of hydrogen-bond acceptors (Lipinski definition) is 7. The Bertz CT molecular complexity index is 1000. The van der Waals surface area contributed by atoms with E-state index in [0.717, 1.165) is 0 Å². The zero-order valence-corrected chi connectivity index (χ0v) is 14.9. The molecular formula is C16H15N3O7S. The van der Waals surface area contributed by atoms with Gasteiger partial charge in [0.2, 0.25) is 10.0 Å². The van der Waals surface area contributed by atoms with Gasteiger partial charge in [-0.05, 0) is 37.3 Å². The fraction of sp³-hybridized carbons (Fsp3) is 0.125. The lowest BCUT2D eigenvalue weighted by Gasteiger charge is -2.08. The van der Waals surface area contributed by atoms with E-state index in [-0.39, 0.29) is 27.4 Å². The second-order valence-corrected chi connectivity index (χ2v) is 6.96. The molecule has 0 aliphatic heterocycles. The summed E-state index contributed by atoms with van der Waals surface area (Å²) in [5.74, 6) is -1.55. The van der Waals surface area contributed by atoms with E-state index in [4.69, 9.17) is 9.88 Å². The molecule has 0 aliphatic carbocycles. The van der Waals surface area contributed by atoms with Gasteiger partial charge in [0.1, 0.15) is 0 Å².